The smallest absolute Gasteiger partial charge is 0.0932 e. The second-order valence-electron chi connectivity index (χ2n) is 13.4. The highest BCUT2D eigenvalue weighted by atomic mass is 35.5. The van der Waals surface area contributed by atoms with Crippen LogP contribution in [-0.4, -0.2) is 105 Å². The van der Waals surface area contributed by atoms with E-state index in [0.717, 1.165) is 78.6 Å². The summed E-state index contributed by atoms with van der Waals surface area (Å²) in [6.45, 7) is 17.7. The predicted octanol–water partition coefficient (Wildman–Crippen LogP) is 9.33. The summed E-state index contributed by atoms with van der Waals surface area (Å²) < 4.78 is 23.3. The Hall–Kier alpha value is 0.840. The SMILES string of the molecule is CCCCCCCCCCCCOCC(CNCCNCCNCCNCC(COC)OCCCCCCCCCCCC)OCC.Cl.Cl.Cl.Cl. The minimum atomic E-state index is 0. The summed E-state index contributed by atoms with van der Waals surface area (Å²) in [6, 6.07) is 0. The molecule has 0 saturated carbocycles. The first-order chi connectivity index (χ1) is 23.3. The average Bonchev–Trinajstić information content (AvgIpc) is 3.07. The summed E-state index contributed by atoms with van der Waals surface area (Å²) in [7, 11) is 1.76. The number of rotatable bonds is 42. The quantitative estimate of drug-likeness (QED) is 0.0454. The molecule has 0 aliphatic heterocycles. The fourth-order valence-corrected chi connectivity index (χ4v) is 5.81. The van der Waals surface area contributed by atoms with Crippen molar-refractivity contribution in [1.29, 1.82) is 0 Å². The Labute approximate surface area is 342 Å². The van der Waals surface area contributed by atoms with Crippen LogP contribution in [0.3, 0.4) is 0 Å². The van der Waals surface area contributed by atoms with Gasteiger partial charge in [-0.05, 0) is 19.8 Å². The van der Waals surface area contributed by atoms with Crippen LogP contribution in [-0.2, 0) is 18.9 Å². The van der Waals surface area contributed by atoms with Crippen molar-refractivity contribution < 1.29 is 18.9 Å². The van der Waals surface area contributed by atoms with Crippen molar-refractivity contribution in [2.24, 2.45) is 0 Å². The maximum atomic E-state index is 6.09. The Kier molecular flexibility index (Phi) is 66.1. The standard InChI is InChI=1S/C39H84N4O4.4ClH/c1-5-8-10-12-14-16-18-20-22-24-32-45-37-39(46-7-3)35-43-31-29-41-27-26-40-28-30-42-34-38(36-44-4)47-33-25-23-21-19-17-15-13-11-9-6-2;;;;/h38-43H,5-37H2,1-4H3;4*1H. The minimum absolute atomic E-state index is 0. The van der Waals surface area contributed by atoms with Gasteiger partial charge in [0.15, 0.2) is 0 Å². The van der Waals surface area contributed by atoms with Crippen LogP contribution in [0.25, 0.3) is 0 Å². The second kappa shape index (κ2) is 55.2. The minimum Gasteiger partial charge on any atom is -0.382 e. The highest BCUT2D eigenvalue weighted by Gasteiger charge is 2.09. The van der Waals surface area contributed by atoms with E-state index in [1.54, 1.807) is 7.11 Å². The third-order valence-corrected chi connectivity index (χ3v) is 8.73. The maximum Gasteiger partial charge on any atom is 0.0932 e. The summed E-state index contributed by atoms with van der Waals surface area (Å²) >= 11 is 0. The van der Waals surface area contributed by atoms with Crippen LogP contribution in [0.15, 0.2) is 0 Å². The number of unbranched alkanes of at least 4 members (excludes halogenated alkanes) is 18. The number of methoxy groups -OCH3 is 1. The normalized spacial score (nSPS) is 12.0. The molecule has 0 aromatic heterocycles. The predicted molar refractivity (Wildman–Crippen MR) is 232 cm³/mol. The molecule has 0 bridgehead atoms. The molecule has 0 saturated heterocycles. The summed E-state index contributed by atoms with van der Waals surface area (Å²) in [5, 5.41) is 14.1. The zero-order chi connectivity index (χ0) is 34.1. The zero-order valence-electron chi connectivity index (χ0n) is 33.8. The maximum absolute atomic E-state index is 6.09. The van der Waals surface area contributed by atoms with Crippen LogP contribution >= 0.6 is 49.6 Å². The molecule has 0 aliphatic rings. The summed E-state index contributed by atoms with van der Waals surface area (Å²) in [6.07, 6.45) is 27.3. The molecule has 0 aromatic carbocycles. The van der Waals surface area contributed by atoms with Crippen LogP contribution in [0.2, 0.25) is 0 Å². The van der Waals surface area contributed by atoms with Gasteiger partial charge >= 0.3 is 0 Å². The number of hydrogen-bond acceptors (Lipinski definition) is 8. The molecule has 316 valence electrons. The van der Waals surface area contributed by atoms with E-state index < -0.39 is 0 Å². The Morgan fingerprint density at radius 1 is 0.392 bits per heavy atom. The molecule has 0 radical (unpaired) electrons. The van der Waals surface area contributed by atoms with Crippen LogP contribution in [0, 0.1) is 0 Å². The largest absolute Gasteiger partial charge is 0.382 e. The van der Waals surface area contributed by atoms with E-state index in [-0.39, 0.29) is 61.8 Å². The molecule has 0 rings (SSSR count). The highest BCUT2D eigenvalue weighted by molar-refractivity contribution is 5.86. The molecular weight excluding hydrogens is 730 g/mol. The third-order valence-electron chi connectivity index (χ3n) is 8.73. The van der Waals surface area contributed by atoms with Gasteiger partial charge in [0.25, 0.3) is 0 Å². The molecule has 8 nitrogen and oxygen atoms in total. The molecule has 0 spiro atoms. The van der Waals surface area contributed by atoms with Gasteiger partial charge in [-0.15, -0.1) is 49.6 Å². The molecule has 4 N–H and O–H groups in total. The molecule has 0 fully saturated rings. The Morgan fingerprint density at radius 2 is 0.745 bits per heavy atom. The number of nitrogens with one attached hydrogen (secondary N) is 4. The van der Waals surface area contributed by atoms with Crippen LogP contribution < -0.4 is 21.3 Å². The molecule has 2 atom stereocenters. The van der Waals surface area contributed by atoms with E-state index >= 15 is 0 Å². The average molecular weight is 819 g/mol. The Morgan fingerprint density at radius 3 is 1.14 bits per heavy atom. The van der Waals surface area contributed by atoms with Gasteiger partial charge in [0, 0.05) is 79.3 Å². The molecule has 0 aliphatic carbocycles. The molecule has 0 amide bonds. The van der Waals surface area contributed by atoms with Crippen molar-refractivity contribution >= 4 is 49.6 Å². The van der Waals surface area contributed by atoms with Crippen molar-refractivity contribution in [3.05, 3.63) is 0 Å². The van der Waals surface area contributed by atoms with Crippen molar-refractivity contribution in [2.75, 3.05) is 92.5 Å². The first-order valence-corrected chi connectivity index (χ1v) is 20.4. The van der Waals surface area contributed by atoms with Crippen LogP contribution in [0.1, 0.15) is 149 Å². The molecule has 12 heteroatoms. The van der Waals surface area contributed by atoms with Crippen LogP contribution in [0.5, 0.6) is 0 Å². The van der Waals surface area contributed by atoms with Crippen molar-refractivity contribution in [2.45, 2.75) is 161 Å². The van der Waals surface area contributed by atoms with Crippen molar-refractivity contribution in [1.82, 2.24) is 21.3 Å². The lowest BCUT2D eigenvalue weighted by Gasteiger charge is -2.18. The number of halogens is 4. The van der Waals surface area contributed by atoms with Gasteiger partial charge in [0.1, 0.15) is 0 Å². The molecular formula is C39H88Cl4N4O4. The van der Waals surface area contributed by atoms with Gasteiger partial charge in [0.2, 0.25) is 0 Å². The zero-order valence-corrected chi connectivity index (χ0v) is 37.0. The van der Waals surface area contributed by atoms with E-state index in [1.807, 2.05) is 0 Å². The van der Waals surface area contributed by atoms with Crippen molar-refractivity contribution in [3.63, 3.8) is 0 Å². The van der Waals surface area contributed by atoms with Gasteiger partial charge in [-0.2, -0.15) is 0 Å². The first-order valence-electron chi connectivity index (χ1n) is 20.4. The van der Waals surface area contributed by atoms with Crippen molar-refractivity contribution in [3.8, 4) is 0 Å². The lowest BCUT2D eigenvalue weighted by molar-refractivity contribution is -0.0113. The second-order valence-corrected chi connectivity index (χ2v) is 13.4. The molecule has 2 unspecified atom stereocenters. The number of hydrogen-bond donors (Lipinski definition) is 4. The molecule has 51 heavy (non-hydrogen) atoms. The van der Waals surface area contributed by atoms with Gasteiger partial charge in [-0.1, -0.05) is 129 Å². The van der Waals surface area contributed by atoms with Gasteiger partial charge in [-0.3, -0.25) is 0 Å². The Bertz CT molecular complexity index is 581. The monoisotopic (exact) mass is 817 g/mol. The van der Waals surface area contributed by atoms with Crippen LogP contribution in [0.4, 0.5) is 0 Å². The molecule has 0 heterocycles. The van der Waals surface area contributed by atoms with E-state index in [2.05, 4.69) is 42.0 Å². The lowest BCUT2D eigenvalue weighted by atomic mass is 10.1. The third kappa shape index (κ3) is 50.8. The fourth-order valence-electron chi connectivity index (χ4n) is 5.81. The van der Waals surface area contributed by atoms with Gasteiger partial charge in [0.05, 0.1) is 25.4 Å². The van der Waals surface area contributed by atoms with E-state index in [0.29, 0.717) is 13.2 Å². The van der Waals surface area contributed by atoms with E-state index in [1.165, 1.54) is 122 Å². The van der Waals surface area contributed by atoms with E-state index in [4.69, 9.17) is 18.9 Å². The summed E-state index contributed by atoms with van der Waals surface area (Å²) in [5.41, 5.74) is 0. The van der Waals surface area contributed by atoms with E-state index in [9.17, 15) is 0 Å². The lowest BCUT2D eigenvalue weighted by Crippen LogP contribution is -2.39. The van der Waals surface area contributed by atoms with Gasteiger partial charge in [-0.25, -0.2) is 0 Å². The summed E-state index contributed by atoms with van der Waals surface area (Å²) in [5.74, 6) is 0. The highest BCUT2D eigenvalue weighted by Crippen LogP contribution is 2.12. The summed E-state index contributed by atoms with van der Waals surface area (Å²) in [4.78, 5) is 0. The van der Waals surface area contributed by atoms with Gasteiger partial charge < -0.3 is 40.2 Å². The first kappa shape index (κ1) is 61.1. The topological polar surface area (TPSA) is 85.0 Å². The Balaban J connectivity index is -0.00000176. The fraction of sp³-hybridized carbons (Fsp3) is 1.00. The number of ether oxygens (including phenoxy) is 4. The molecule has 0 aromatic rings.